The summed E-state index contributed by atoms with van der Waals surface area (Å²) in [5, 5.41) is 11.6. The average molecular weight is 649 g/mol. The summed E-state index contributed by atoms with van der Waals surface area (Å²) in [6.45, 7) is 9.47. The van der Waals surface area contributed by atoms with Crippen molar-refractivity contribution < 1.29 is 24.1 Å². The molecule has 5 heteroatoms. The number of aliphatic hydroxyl groups is 1. The van der Waals surface area contributed by atoms with Gasteiger partial charge in [0.15, 0.2) is 5.60 Å². The van der Waals surface area contributed by atoms with Gasteiger partial charge in [-0.05, 0) is 59.3 Å². The Morgan fingerprint density at radius 2 is 1.17 bits per heavy atom. The number of carbonyl (C=O) groups excluding carboxylic acids is 1. The van der Waals surface area contributed by atoms with Crippen molar-refractivity contribution >= 4 is 5.97 Å². The second kappa shape index (κ2) is 16.6. The van der Waals surface area contributed by atoms with E-state index in [0.29, 0.717) is 37.2 Å². The SMILES string of the molecule is CC(C)CC(CC(C)C)CC(O)C1C[C@@](COCc2ccccc2)(COC(c2ccccc2)(c2ccccc2)c2ccccc2)OC1=O. The van der Waals surface area contributed by atoms with E-state index in [-0.39, 0.29) is 19.2 Å². The van der Waals surface area contributed by atoms with Gasteiger partial charge in [0.25, 0.3) is 0 Å². The summed E-state index contributed by atoms with van der Waals surface area (Å²) in [7, 11) is 0. The molecule has 1 saturated heterocycles. The van der Waals surface area contributed by atoms with E-state index in [4.69, 9.17) is 14.2 Å². The number of cyclic esters (lactones) is 1. The van der Waals surface area contributed by atoms with Gasteiger partial charge in [0.05, 0.1) is 31.8 Å². The Balaban J connectivity index is 1.48. The number of ether oxygens (including phenoxy) is 3. The van der Waals surface area contributed by atoms with E-state index in [1.54, 1.807) is 0 Å². The molecule has 254 valence electrons. The number of hydrogen-bond acceptors (Lipinski definition) is 5. The summed E-state index contributed by atoms with van der Waals surface area (Å²) >= 11 is 0. The van der Waals surface area contributed by atoms with Gasteiger partial charge >= 0.3 is 5.97 Å². The molecule has 1 aliphatic heterocycles. The summed E-state index contributed by atoms with van der Waals surface area (Å²) in [6.07, 6.45) is 2.10. The number of aliphatic hydroxyl groups excluding tert-OH is 1. The number of esters is 1. The first-order valence-electron chi connectivity index (χ1n) is 17.5. The average Bonchev–Trinajstić information content (AvgIpc) is 3.42. The van der Waals surface area contributed by atoms with Crippen LogP contribution in [-0.2, 0) is 31.2 Å². The summed E-state index contributed by atoms with van der Waals surface area (Å²) in [4.78, 5) is 13.7. The van der Waals surface area contributed by atoms with E-state index in [1.165, 1.54) is 0 Å². The highest BCUT2D eigenvalue weighted by Gasteiger charge is 2.52. The van der Waals surface area contributed by atoms with E-state index in [1.807, 2.05) is 84.9 Å². The first-order valence-corrected chi connectivity index (χ1v) is 17.5. The zero-order chi connectivity index (χ0) is 34.0. The van der Waals surface area contributed by atoms with Crippen LogP contribution in [0.15, 0.2) is 121 Å². The fraction of sp³-hybridized carbons (Fsp3) is 0.419. The molecular formula is C43H52O5. The maximum absolute atomic E-state index is 13.7. The van der Waals surface area contributed by atoms with E-state index in [0.717, 1.165) is 35.1 Å². The van der Waals surface area contributed by atoms with Gasteiger partial charge in [-0.3, -0.25) is 4.79 Å². The maximum atomic E-state index is 13.7. The van der Waals surface area contributed by atoms with Gasteiger partial charge in [0.2, 0.25) is 0 Å². The van der Waals surface area contributed by atoms with E-state index in [2.05, 4.69) is 64.1 Å². The monoisotopic (exact) mass is 648 g/mol. The quantitative estimate of drug-likeness (QED) is 0.0915. The fourth-order valence-electron chi connectivity index (χ4n) is 7.39. The largest absolute Gasteiger partial charge is 0.454 e. The third-order valence-corrected chi connectivity index (χ3v) is 9.43. The highest BCUT2D eigenvalue weighted by molar-refractivity contribution is 5.76. The third kappa shape index (κ3) is 8.82. The number of rotatable bonds is 17. The minimum atomic E-state index is -1.09. The smallest absolute Gasteiger partial charge is 0.312 e. The lowest BCUT2D eigenvalue weighted by atomic mass is 9.79. The second-order valence-electron chi connectivity index (χ2n) is 14.4. The van der Waals surface area contributed by atoms with Crippen molar-refractivity contribution in [2.24, 2.45) is 23.7 Å². The van der Waals surface area contributed by atoms with Gasteiger partial charge < -0.3 is 19.3 Å². The molecule has 5 nitrogen and oxygen atoms in total. The van der Waals surface area contributed by atoms with Crippen LogP contribution in [-0.4, -0.2) is 36.0 Å². The molecule has 1 aliphatic rings. The lowest BCUT2D eigenvalue weighted by Gasteiger charge is -2.39. The van der Waals surface area contributed by atoms with Gasteiger partial charge in [0, 0.05) is 6.42 Å². The first kappa shape index (κ1) is 35.5. The van der Waals surface area contributed by atoms with E-state index in [9.17, 15) is 9.90 Å². The maximum Gasteiger partial charge on any atom is 0.312 e. The van der Waals surface area contributed by atoms with Gasteiger partial charge in [-0.1, -0.05) is 149 Å². The molecule has 5 rings (SSSR count). The molecule has 0 radical (unpaired) electrons. The molecule has 3 atom stereocenters. The van der Waals surface area contributed by atoms with Crippen molar-refractivity contribution in [3.8, 4) is 0 Å². The topological polar surface area (TPSA) is 65.0 Å². The second-order valence-corrected chi connectivity index (χ2v) is 14.4. The summed E-state index contributed by atoms with van der Waals surface area (Å²) in [5.74, 6) is 0.312. The van der Waals surface area contributed by atoms with E-state index >= 15 is 0 Å². The van der Waals surface area contributed by atoms with Crippen LogP contribution in [0.2, 0.25) is 0 Å². The highest BCUT2D eigenvalue weighted by Crippen LogP contribution is 2.44. The molecule has 1 heterocycles. The molecule has 0 aliphatic carbocycles. The van der Waals surface area contributed by atoms with Crippen LogP contribution in [0.4, 0.5) is 0 Å². The predicted molar refractivity (Wildman–Crippen MR) is 191 cm³/mol. The number of hydrogen-bond donors (Lipinski definition) is 1. The minimum Gasteiger partial charge on any atom is -0.454 e. The molecule has 0 bridgehead atoms. The van der Waals surface area contributed by atoms with E-state index < -0.39 is 23.2 Å². The molecule has 4 aromatic carbocycles. The van der Waals surface area contributed by atoms with Crippen molar-refractivity contribution in [3.05, 3.63) is 144 Å². The fourth-order valence-corrected chi connectivity index (χ4v) is 7.39. The Morgan fingerprint density at radius 1 is 0.708 bits per heavy atom. The molecule has 1 N–H and O–H groups in total. The third-order valence-electron chi connectivity index (χ3n) is 9.43. The lowest BCUT2D eigenvalue weighted by molar-refractivity contribution is -0.169. The molecular weight excluding hydrogens is 596 g/mol. The number of benzene rings is 4. The lowest BCUT2D eigenvalue weighted by Crippen LogP contribution is -2.44. The van der Waals surface area contributed by atoms with Crippen molar-refractivity contribution in [3.63, 3.8) is 0 Å². The van der Waals surface area contributed by atoms with Gasteiger partial charge in [-0.25, -0.2) is 0 Å². The molecule has 1 fully saturated rings. The standard InChI is InChI=1S/C43H52O5/c1-32(2)25-35(26-33(3)4)27-40(44)39-28-42(48-41(39)45,30-46-29-34-17-9-5-10-18-34)31-47-43(36-19-11-6-12-20-36,37-21-13-7-14-22-37)38-23-15-8-16-24-38/h5-24,32-33,35,39-40,44H,25-31H2,1-4H3/t39?,40?,42-/m1/s1. The normalized spacial score (nSPS) is 18.8. The van der Waals surface area contributed by atoms with Gasteiger partial charge in [-0.15, -0.1) is 0 Å². The Hall–Kier alpha value is -3.77. The van der Waals surface area contributed by atoms with Crippen LogP contribution in [0.25, 0.3) is 0 Å². The Labute approximate surface area is 287 Å². The van der Waals surface area contributed by atoms with Crippen molar-refractivity contribution in [1.29, 1.82) is 0 Å². The van der Waals surface area contributed by atoms with Crippen molar-refractivity contribution in [2.45, 2.75) is 77.3 Å². The summed E-state index contributed by atoms with van der Waals surface area (Å²) in [5.41, 5.74) is 1.86. The van der Waals surface area contributed by atoms with Crippen LogP contribution in [0, 0.1) is 23.7 Å². The van der Waals surface area contributed by atoms with Crippen LogP contribution >= 0.6 is 0 Å². The molecule has 0 saturated carbocycles. The van der Waals surface area contributed by atoms with Gasteiger partial charge in [0.1, 0.15) is 5.60 Å². The van der Waals surface area contributed by atoms with Crippen LogP contribution < -0.4 is 0 Å². The van der Waals surface area contributed by atoms with Crippen molar-refractivity contribution in [1.82, 2.24) is 0 Å². The summed E-state index contributed by atoms with van der Waals surface area (Å²) in [6, 6.07) is 40.6. The molecule has 4 aromatic rings. The van der Waals surface area contributed by atoms with Crippen LogP contribution in [0.5, 0.6) is 0 Å². The summed E-state index contributed by atoms with van der Waals surface area (Å²) < 4.78 is 19.8. The Morgan fingerprint density at radius 3 is 1.62 bits per heavy atom. The first-order chi connectivity index (χ1) is 23.2. The molecule has 48 heavy (non-hydrogen) atoms. The zero-order valence-electron chi connectivity index (χ0n) is 29.0. The Kier molecular flexibility index (Phi) is 12.3. The zero-order valence-corrected chi connectivity index (χ0v) is 29.0. The Bertz CT molecular complexity index is 1420. The van der Waals surface area contributed by atoms with Gasteiger partial charge in [-0.2, -0.15) is 0 Å². The van der Waals surface area contributed by atoms with Crippen LogP contribution in [0.3, 0.4) is 0 Å². The van der Waals surface area contributed by atoms with Crippen molar-refractivity contribution in [2.75, 3.05) is 13.2 Å². The minimum absolute atomic E-state index is 0.0802. The molecule has 0 spiro atoms. The van der Waals surface area contributed by atoms with Crippen LogP contribution in [0.1, 0.15) is 75.6 Å². The highest BCUT2D eigenvalue weighted by atomic mass is 16.6. The number of carbonyl (C=O) groups is 1. The molecule has 0 aromatic heterocycles. The molecule has 2 unspecified atom stereocenters. The molecule has 0 amide bonds. The predicted octanol–water partition coefficient (Wildman–Crippen LogP) is 8.97.